The second kappa shape index (κ2) is 9.52. The molecule has 5 rings (SSSR count). The highest BCUT2D eigenvalue weighted by Crippen LogP contribution is 2.49. The van der Waals surface area contributed by atoms with Crippen molar-refractivity contribution in [2.75, 3.05) is 17.2 Å². The number of carbonyl (C=O) groups is 3. The van der Waals surface area contributed by atoms with Gasteiger partial charge in [-0.1, -0.05) is 19.9 Å². The number of aliphatic imine (C=N–C) groups is 1. The van der Waals surface area contributed by atoms with E-state index in [1.165, 1.54) is 0 Å². The quantitative estimate of drug-likeness (QED) is 0.477. The zero-order chi connectivity index (χ0) is 24.5. The van der Waals surface area contributed by atoms with Gasteiger partial charge < -0.3 is 16.0 Å². The second-order valence-corrected chi connectivity index (χ2v) is 9.88. The molecule has 4 N–H and O–H groups in total. The van der Waals surface area contributed by atoms with E-state index in [9.17, 15) is 14.4 Å². The third kappa shape index (κ3) is 5.37. The van der Waals surface area contributed by atoms with Crippen molar-refractivity contribution in [2.24, 2.45) is 10.9 Å². The van der Waals surface area contributed by atoms with E-state index >= 15 is 0 Å². The lowest BCUT2D eigenvalue weighted by Gasteiger charge is -2.19. The van der Waals surface area contributed by atoms with Gasteiger partial charge in [0.1, 0.15) is 0 Å². The van der Waals surface area contributed by atoms with Crippen molar-refractivity contribution in [1.29, 1.82) is 0 Å². The summed E-state index contributed by atoms with van der Waals surface area (Å²) in [6.07, 6.45) is 4.75. The van der Waals surface area contributed by atoms with Gasteiger partial charge in [-0.3, -0.25) is 19.7 Å². The molecular weight excluding hydrogens is 442 g/mol. The van der Waals surface area contributed by atoms with Crippen LogP contribution in [0, 0.1) is 5.92 Å². The molecule has 0 spiro atoms. The molecule has 35 heavy (non-hydrogen) atoms. The standard InChI is InChI=1S/C27H31N5O3/c1-15(2)25(34)30-22-5-3-4-21(24(22)17-8-9-17)29-20-11-10-18(14-19(20)16-6-7-16)26(35)32-27-28-13-12-23(33)31-27/h3-5,10-11,14-17,29H,6-9,12-13H2,1-2H3,(H,30,34)(H2,28,31,32,33,35). The molecule has 8 nitrogen and oxygen atoms in total. The number of carbonyl (C=O) groups excluding carboxylic acids is 3. The summed E-state index contributed by atoms with van der Waals surface area (Å²) < 4.78 is 0. The van der Waals surface area contributed by atoms with E-state index in [0.29, 0.717) is 30.4 Å². The van der Waals surface area contributed by atoms with Crippen LogP contribution in [-0.2, 0) is 9.59 Å². The van der Waals surface area contributed by atoms with Gasteiger partial charge in [0.2, 0.25) is 17.8 Å². The summed E-state index contributed by atoms with van der Waals surface area (Å²) in [5, 5.41) is 12.3. The Kier molecular flexibility index (Phi) is 6.28. The normalized spacial score (nSPS) is 18.7. The average molecular weight is 474 g/mol. The van der Waals surface area contributed by atoms with Gasteiger partial charge in [0.25, 0.3) is 5.91 Å². The van der Waals surface area contributed by atoms with Crippen LogP contribution < -0.4 is 21.3 Å². The zero-order valence-electron chi connectivity index (χ0n) is 20.1. The second-order valence-electron chi connectivity index (χ2n) is 9.88. The Morgan fingerprint density at radius 3 is 2.43 bits per heavy atom. The first kappa shape index (κ1) is 23.1. The number of hydrogen-bond donors (Lipinski definition) is 4. The smallest absolute Gasteiger partial charge is 0.280 e. The van der Waals surface area contributed by atoms with Crippen LogP contribution in [-0.4, -0.2) is 30.2 Å². The highest BCUT2D eigenvalue weighted by atomic mass is 16.2. The number of nitrogens with one attached hydrogen (secondary N) is 4. The minimum absolute atomic E-state index is 0.0100. The maximum Gasteiger partial charge on any atom is 0.280 e. The largest absolute Gasteiger partial charge is 0.355 e. The summed E-state index contributed by atoms with van der Waals surface area (Å²) in [6.45, 7) is 4.25. The number of guanidine groups is 1. The molecule has 2 aliphatic carbocycles. The average Bonchev–Trinajstić information content (AvgIpc) is 3.73. The lowest BCUT2D eigenvalue weighted by molar-refractivity contribution is -0.120. The molecule has 1 saturated heterocycles. The molecular formula is C27H31N5O3. The highest BCUT2D eigenvalue weighted by molar-refractivity contribution is 6.08. The van der Waals surface area contributed by atoms with Crippen molar-refractivity contribution < 1.29 is 14.4 Å². The molecule has 3 aliphatic rings. The Morgan fingerprint density at radius 1 is 1.00 bits per heavy atom. The van der Waals surface area contributed by atoms with Crippen LogP contribution in [0.25, 0.3) is 0 Å². The maximum absolute atomic E-state index is 12.8. The minimum Gasteiger partial charge on any atom is -0.355 e. The van der Waals surface area contributed by atoms with Crippen LogP contribution in [0.1, 0.15) is 79.3 Å². The SMILES string of the molecule is CC(C)C(=O)Nc1cccc(Nc2ccc(C(=O)/N=C3\NCCC(=O)N3)cc2C2CC2)c1C1CC1. The molecule has 2 aromatic carbocycles. The fraction of sp³-hybridized carbons (Fsp3) is 0.407. The molecule has 1 heterocycles. The molecule has 0 aromatic heterocycles. The van der Waals surface area contributed by atoms with Crippen molar-refractivity contribution in [3.63, 3.8) is 0 Å². The Bertz CT molecular complexity index is 1210. The fourth-order valence-corrected chi connectivity index (χ4v) is 4.33. The number of nitrogens with zero attached hydrogens (tertiary/aromatic N) is 1. The van der Waals surface area contributed by atoms with E-state index in [2.05, 4.69) is 32.3 Å². The molecule has 0 atom stereocenters. The van der Waals surface area contributed by atoms with E-state index in [-0.39, 0.29) is 29.6 Å². The molecule has 0 radical (unpaired) electrons. The summed E-state index contributed by atoms with van der Waals surface area (Å²) in [5.74, 6) is 0.420. The van der Waals surface area contributed by atoms with Crippen LogP contribution in [0.5, 0.6) is 0 Å². The highest BCUT2D eigenvalue weighted by Gasteiger charge is 2.31. The number of amides is 3. The third-order valence-corrected chi connectivity index (χ3v) is 6.57. The van der Waals surface area contributed by atoms with E-state index < -0.39 is 0 Å². The van der Waals surface area contributed by atoms with Gasteiger partial charge in [-0.15, -0.1) is 0 Å². The lowest BCUT2D eigenvalue weighted by atomic mass is 10.0. The predicted molar refractivity (Wildman–Crippen MR) is 136 cm³/mol. The molecule has 3 amide bonds. The molecule has 0 unspecified atom stereocenters. The van der Waals surface area contributed by atoms with Crippen molar-refractivity contribution in [2.45, 2.75) is 57.8 Å². The van der Waals surface area contributed by atoms with Gasteiger partial charge >= 0.3 is 0 Å². The number of anilines is 3. The first-order valence-electron chi connectivity index (χ1n) is 12.4. The van der Waals surface area contributed by atoms with Gasteiger partial charge in [-0.05, 0) is 73.4 Å². The predicted octanol–water partition coefficient (Wildman–Crippen LogP) is 4.39. The van der Waals surface area contributed by atoms with Crippen molar-refractivity contribution >= 4 is 40.7 Å². The van der Waals surface area contributed by atoms with Crippen LogP contribution in [0.2, 0.25) is 0 Å². The monoisotopic (exact) mass is 473 g/mol. The molecule has 3 fully saturated rings. The molecule has 182 valence electrons. The molecule has 1 aliphatic heterocycles. The van der Waals surface area contributed by atoms with Crippen LogP contribution in [0.4, 0.5) is 17.1 Å². The summed E-state index contributed by atoms with van der Waals surface area (Å²) in [4.78, 5) is 40.8. The first-order chi connectivity index (χ1) is 16.9. The van der Waals surface area contributed by atoms with Crippen molar-refractivity contribution in [3.05, 3.63) is 53.1 Å². The van der Waals surface area contributed by atoms with Crippen LogP contribution >= 0.6 is 0 Å². The maximum atomic E-state index is 12.8. The Hall–Kier alpha value is -3.68. The Morgan fingerprint density at radius 2 is 1.74 bits per heavy atom. The summed E-state index contributed by atoms with van der Waals surface area (Å²) in [6, 6.07) is 11.6. The van der Waals surface area contributed by atoms with Crippen LogP contribution in [0.15, 0.2) is 41.4 Å². The molecule has 8 heteroatoms. The Labute approximate surface area is 205 Å². The van der Waals surface area contributed by atoms with Gasteiger partial charge in [0.05, 0.1) is 0 Å². The van der Waals surface area contributed by atoms with Gasteiger partial charge in [-0.2, -0.15) is 4.99 Å². The molecule has 2 saturated carbocycles. The van der Waals surface area contributed by atoms with Gasteiger partial charge in [0, 0.05) is 47.1 Å². The minimum atomic E-state index is -0.389. The Balaban J connectivity index is 1.42. The van der Waals surface area contributed by atoms with E-state index in [4.69, 9.17) is 0 Å². The van der Waals surface area contributed by atoms with Gasteiger partial charge in [0.15, 0.2) is 0 Å². The van der Waals surface area contributed by atoms with E-state index in [0.717, 1.165) is 53.9 Å². The molecule has 2 aromatic rings. The topological polar surface area (TPSA) is 112 Å². The molecule has 0 bridgehead atoms. The van der Waals surface area contributed by atoms with Crippen molar-refractivity contribution in [1.82, 2.24) is 10.6 Å². The van der Waals surface area contributed by atoms with Gasteiger partial charge in [-0.25, -0.2) is 0 Å². The number of hydrogen-bond acceptors (Lipinski definition) is 4. The summed E-state index contributed by atoms with van der Waals surface area (Å²) in [7, 11) is 0. The number of rotatable bonds is 7. The summed E-state index contributed by atoms with van der Waals surface area (Å²) in [5.41, 5.74) is 5.56. The van der Waals surface area contributed by atoms with E-state index in [1.54, 1.807) is 6.07 Å². The zero-order valence-corrected chi connectivity index (χ0v) is 20.1. The summed E-state index contributed by atoms with van der Waals surface area (Å²) >= 11 is 0. The third-order valence-electron chi connectivity index (χ3n) is 6.57. The first-order valence-corrected chi connectivity index (χ1v) is 12.4. The number of benzene rings is 2. The lowest BCUT2D eigenvalue weighted by Crippen LogP contribution is -2.48. The van der Waals surface area contributed by atoms with Crippen LogP contribution in [0.3, 0.4) is 0 Å². The van der Waals surface area contributed by atoms with E-state index in [1.807, 2.05) is 38.1 Å². The fourth-order valence-electron chi connectivity index (χ4n) is 4.33. The van der Waals surface area contributed by atoms with Crippen molar-refractivity contribution in [3.8, 4) is 0 Å².